The number of benzene rings is 2. The molecule has 3 aromatic rings. The number of aliphatic carboxylic acids is 1. The highest BCUT2D eigenvalue weighted by Gasteiger charge is 2.33. The lowest BCUT2D eigenvalue weighted by molar-refractivity contribution is -0.144. The Morgan fingerprint density at radius 3 is 1.96 bits per heavy atom. The van der Waals surface area contributed by atoms with Crippen molar-refractivity contribution in [2.75, 3.05) is 6.61 Å². The topological polar surface area (TPSA) is 259 Å². The summed E-state index contributed by atoms with van der Waals surface area (Å²) < 4.78 is 0. The fourth-order valence-corrected chi connectivity index (χ4v) is 4.87. The van der Waals surface area contributed by atoms with E-state index in [0.29, 0.717) is 11.1 Å². The summed E-state index contributed by atoms with van der Waals surface area (Å²) in [6.07, 6.45) is 1.04. The Balaban J connectivity index is 1.89. The first-order valence-electron chi connectivity index (χ1n) is 15.0. The summed E-state index contributed by atoms with van der Waals surface area (Å²) >= 11 is 0. The van der Waals surface area contributed by atoms with Gasteiger partial charge in [-0.2, -0.15) is 0 Å². The van der Waals surface area contributed by atoms with Gasteiger partial charge < -0.3 is 47.9 Å². The van der Waals surface area contributed by atoms with Gasteiger partial charge in [-0.25, -0.2) is 4.79 Å². The molecule has 0 fully saturated rings. The molecular weight excluding hydrogens is 610 g/mol. The number of hydrogen-bond acceptors (Lipinski definition) is 8. The fraction of sp³-hybridized carbons (Fsp3) is 0.375. The summed E-state index contributed by atoms with van der Waals surface area (Å²) in [6, 6.07) is 9.47. The van der Waals surface area contributed by atoms with Gasteiger partial charge in [-0.15, -0.1) is 0 Å². The molecule has 3 rings (SSSR count). The molecule has 0 aliphatic heterocycles. The molecule has 2 aromatic carbocycles. The number of carbonyl (C=O) groups excluding carboxylic acids is 5. The van der Waals surface area contributed by atoms with Crippen LogP contribution >= 0.6 is 0 Å². The number of carbonyl (C=O) groups is 6. The molecule has 0 spiro atoms. The lowest BCUT2D eigenvalue weighted by Gasteiger charge is -2.28. The maximum atomic E-state index is 13.8. The monoisotopic (exact) mass is 651 g/mol. The van der Waals surface area contributed by atoms with Crippen LogP contribution in [0, 0.1) is 5.92 Å². The first-order chi connectivity index (χ1) is 22.3. The van der Waals surface area contributed by atoms with Crippen LogP contribution in [0.2, 0.25) is 0 Å². The summed E-state index contributed by atoms with van der Waals surface area (Å²) in [5.74, 6) is -6.10. The van der Waals surface area contributed by atoms with Gasteiger partial charge in [0.15, 0.2) is 0 Å². The molecule has 11 N–H and O–H groups in total. The number of aromatic nitrogens is 1. The number of carboxylic acids is 1. The number of para-hydroxylation sites is 1. The maximum absolute atomic E-state index is 13.8. The highest BCUT2D eigenvalue weighted by Crippen LogP contribution is 2.19. The second-order valence-electron chi connectivity index (χ2n) is 11.5. The zero-order valence-electron chi connectivity index (χ0n) is 26.1. The number of hydrogen-bond donors (Lipinski definition) is 9. The molecule has 1 heterocycles. The molecule has 1 aromatic heterocycles. The number of H-pyrrole nitrogens is 1. The van der Waals surface area contributed by atoms with E-state index in [0.717, 1.165) is 10.9 Å². The minimum atomic E-state index is -1.61. The number of nitrogens with two attached hydrogens (primary N) is 2. The van der Waals surface area contributed by atoms with Crippen molar-refractivity contribution in [2.24, 2.45) is 17.4 Å². The first-order valence-corrected chi connectivity index (χ1v) is 15.0. The normalized spacial score (nSPS) is 14.3. The number of fused-ring (bicyclic) bond motifs is 1. The number of aromatic amines is 1. The molecule has 0 unspecified atom stereocenters. The van der Waals surface area contributed by atoms with Gasteiger partial charge in [0.25, 0.3) is 0 Å². The number of rotatable bonds is 17. The molecule has 5 amide bonds. The number of nitrogens with one attached hydrogen (secondary N) is 5. The van der Waals surface area contributed by atoms with Crippen molar-refractivity contribution in [3.05, 3.63) is 71.9 Å². The summed E-state index contributed by atoms with van der Waals surface area (Å²) in [5, 5.41) is 29.7. The predicted molar refractivity (Wildman–Crippen MR) is 171 cm³/mol. The third-order valence-corrected chi connectivity index (χ3v) is 7.45. The molecule has 15 nitrogen and oxygen atoms in total. The summed E-state index contributed by atoms with van der Waals surface area (Å²) in [4.78, 5) is 79.4. The van der Waals surface area contributed by atoms with E-state index >= 15 is 0 Å². The van der Waals surface area contributed by atoms with Crippen molar-refractivity contribution in [1.29, 1.82) is 0 Å². The van der Waals surface area contributed by atoms with E-state index in [1.807, 2.05) is 24.3 Å². The van der Waals surface area contributed by atoms with Gasteiger partial charge in [0.2, 0.25) is 29.5 Å². The lowest BCUT2D eigenvalue weighted by atomic mass is 9.99. The smallest absolute Gasteiger partial charge is 0.326 e. The zero-order valence-corrected chi connectivity index (χ0v) is 26.1. The average Bonchev–Trinajstić information content (AvgIpc) is 3.44. The van der Waals surface area contributed by atoms with E-state index in [4.69, 9.17) is 11.5 Å². The first kappa shape index (κ1) is 36.2. The van der Waals surface area contributed by atoms with Gasteiger partial charge >= 0.3 is 5.97 Å². The van der Waals surface area contributed by atoms with E-state index < -0.39 is 84.7 Å². The molecule has 5 atom stereocenters. The maximum Gasteiger partial charge on any atom is 0.326 e. The second kappa shape index (κ2) is 16.9. The Morgan fingerprint density at radius 1 is 0.766 bits per heavy atom. The Kier molecular flexibility index (Phi) is 13.0. The van der Waals surface area contributed by atoms with Gasteiger partial charge in [-0.05, 0) is 23.1 Å². The fourth-order valence-electron chi connectivity index (χ4n) is 4.87. The Bertz CT molecular complexity index is 1580. The van der Waals surface area contributed by atoms with E-state index in [-0.39, 0.29) is 12.8 Å². The minimum Gasteiger partial charge on any atom is -0.480 e. The number of primary amides is 1. The Morgan fingerprint density at radius 2 is 1.34 bits per heavy atom. The highest BCUT2D eigenvalue weighted by atomic mass is 16.4. The number of amides is 5. The predicted octanol–water partition coefficient (Wildman–Crippen LogP) is -1.17. The van der Waals surface area contributed by atoms with E-state index in [1.165, 1.54) is 0 Å². The summed E-state index contributed by atoms with van der Waals surface area (Å²) in [5.41, 5.74) is 13.0. The molecule has 47 heavy (non-hydrogen) atoms. The van der Waals surface area contributed by atoms with Crippen molar-refractivity contribution in [1.82, 2.24) is 26.3 Å². The lowest BCUT2D eigenvalue weighted by Crippen LogP contribution is -2.60. The molecule has 0 aliphatic rings. The zero-order chi connectivity index (χ0) is 34.7. The van der Waals surface area contributed by atoms with Crippen molar-refractivity contribution < 1.29 is 39.0 Å². The molecule has 0 saturated carbocycles. The molecule has 0 bridgehead atoms. The van der Waals surface area contributed by atoms with Crippen LogP contribution in [0.1, 0.15) is 31.4 Å². The standard InChI is InChI=1S/C32H41N7O8/c1-17(2)27(31(45)38-25(32(46)47)14-26(34)41)39-30(44)23(12-18-8-4-3-5-9-18)37-29(43)24(36-28(42)21(33)16-40)13-19-15-35-22-11-7-6-10-20(19)22/h3-11,15,17,21,23-25,27,35,40H,12-14,16,33H2,1-2H3,(H2,34,41)(H,36,42)(H,37,43)(H,38,45)(H,39,44)(H,46,47)/t21-,23-,24-,25-,27-/m0/s1. The molecule has 0 aliphatic carbocycles. The third-order valence-electron chi connectivity index (χ3n) is 7.45. The van der Waals surface area contributed by atoms with Crippen LogP contribution in [0.5, 0.6) is 0 Å². The van der Waals surface area contributed by atoms with Crippen LogP contribution in [0.4, 0.5) is 0 Å². The molecule has 252 valence electrons. The minimum absolute atomic E-state index is 0.00577. The largest absolute Gasteiger partial charge is 0.480 e. The third kappa shape index (κ3) is 10.4. The van der Waals surface area contributed by atoms with Crippen molar-refractivity contribution in [2.45, 2.75) is 63.3 Å². The van der Waals surface area contributed by atoms with Crippen LogP contribution in [-0.4, -0.2) is 87.5 Å². The van der Waals surface area contributed by atoms with E-state index in [2.05, 4.69) is 26.3 Å². The van der Waals surface area contributed by atoms with Crippen LogP contribution < -0.4 is 32.7 Å². The second-order valence-corrected chi connectivity index (χ2v) is 11.5. The van der Waals surface area contributed by atoms with Crippen LogP contribution in [0.3, 0.4) is 0 Å². The van der Waals surface area contributed by atoms with Crippen molar-refractivity contribution in [3.63, 3.8) is 0 Å². The van der Waals surface area contributed by atoms with Crippen molar-refractivity contribution in [3.8, 4) is 0 Å². The molecule has 15 heteroatoms. The molecule has 0 radical (unpaired) electrons. The summed E-state index contributed by atoms with van der Waals surface area (Å²) in [7, 11) is 0. The van der Waals surface area contributed by atoms with Gasteiger partial charge in [0.05, 0.1) is 13.0 Å². The van der Waals surface area contributed by atoms with Gasteiger partial charge in [0, 0.05) is 29.9 Å². The van der Waals surface area contributed by atoms with Crippen LogP contribution in [0.25, 0.3) is 10.9 Å². The molecule has 0 saturated heterocycles. The Hall–Kier alpha value is -5.28. The number of aliphatic hydroxyl groups excluding tert-OH is 1. The average molecular weight is 652 g/mol. The Labute approximate surface area is 270 Å². The number of carboxylic acid groups (broad SMARTS) is 1. The van der Waals surface area contributed by atoms with Gasteiger partial charge in [0.1, 0.15) is 30.2 Å². The highest BCUT2D eigenvalue weighted by molar-refractivity contribution is 5.96. The quantitative estimate of drug-likeness (QED) is 0.0850. The SMILES string of the molecule is CC(C)[C@H](NC(=O)[C@H](Cc1ccccc1)NC(=O)[C@H](Cc1c[nH]c2ccccc12)NC(=O)[C@@H](N)CO)C(=O)N[C@@H](CC(N)=O)C(=O)O. The van der Waals surface area contributed by atoms with Crippen LogP contribution in [0.15, 0.2) is 60.8 Å². The van der Waals surface area contributed by atoms with E-state index in [9.17, 15) is 39.0 Å². The van der Waals surface area contributed by atoms with Crippen LogP contribution in [-0.2, 0) is 41.6 Å². The van der Waals surface area contributed by atoms with Gasteiger partial charge in [-0.1, -0.05) is 62.4 Å². The molecular formula is C32H41N7O8. The number of aliphatic hydroxyl groups is 1. The van der Waals surface area contributed by atoms with Gasteiger partial charge in [-0.3, -0.25) is 24.0 Å². The van der Waals surface area contributed by atoms with E-state index in [1.54, 1.807) is 50.4 Å². The van der Waals surface area contributed by atoms with Crippen molar-refractivity contribution >= 4 is 46.4 Å². The summed E-state index contributed by atoms with van der Waals surface area (Å²) in [6.45, 7) is 2.58.